The highest BCUT2D eigenvalue weighted by Crippen LogP contribution is 2.28. The minimum Gasteiger partial charge on any atom is -0.251 e. The quantitative estimate of drug-likeness (QED) is 0.792. The molecule has 1 aromatic heterocycles. The Morgan fingerprint density at radius 1 is 1.50 bits per heavy atom. The molecule has 1 heterocycles. The van der Waals surface area contributed by atoms with Crippen LogP contribution < -0.4 is 4.72 Å². The highest BCUT2D eigenvalue weighted by atomic mass is 35.5. The molecule has 1 aromatic rings. The Hall–Kier alpha value is -0.880. The third-order valence-electron chi connectivity index (χ3n) is 1.82. The molecule has 5 nitrogen and oxygen atoms in total. The van der Waals surface area contributed by atoms with Gasteiger partial charge in [0.15, 0.2) is 0 Å². The second kappa shape index (κ2) is 3.36. The van der Waals surface area contributed by atoms with Crippen molar-refractivity contribution in [2.24, 2.45) is 0 Å². The molecular weight excluding hydrogens is 226 g/mol. The maximum absolute atomic E-state index is 11.4. The fourth-order valence-corrected chi connectivity index (χ4v) is 2.39. The summed E-state index contributed by atoms with van der Waals surface area (Å²) in [6.07, 6.45) is 2.81. The van der Waals surface area contributed by atoms with Gasteiger partial charge in [-0.15, -0.1) is 0 Å². The molecule has 0 bridgehead atoms. The van der Waals surface area contributed by atoms with Gasteiger partial charge < -0.3 is 0 Å². The maximum atomic E-state index is 11.4. The zero-order valence-corrected chi connectivity index (χ0v) is 8.72. The summed E-state index contributed by atoms with van der Waals surface area (Å²) in [5, 5.41) is -0.0708. The van der Waals surface area contributed by atoms with Gasteiger partial charge in [0.25, 0.3) is 0 Å². The van der Waals surface area contributed by atoms with Crippen LogP contribution in [0.5, 0.6) is 0 Å². The second-order valence-corrected chi connectivity index (χ2v) is 5.40. The van der Waals surface area contributed by atoms with Gasteiger partial charge in [-0.3, -0.25) is 4.72 Å². The third-order valence-corrected chi connectivity index (χ3v) is 3.85. The molecule has 0 spiro atoms. The summed E-state index contributed by atoms with van der Waals surface area (Å²) in [4.78, 5) is 7.48. The molecule has 1 N–H and O–H groups in total. The first kappa shape index (κ1) is 9.67. The monoisotopic (exact) mass is 233 g/mol. The number of nitrogens with zero attached hydrogens (tertiary/aromatic N) is 2. The first-order chi connectivity index (χ1) is 6.58. The summed E-state index contributed by atoms with van der Waals surface area (Å²) in [7, 11) is -3.29. The van der Waals surface area contributed by atoms with Crippen molar-refractivity contribution in [2.45, 2.75) is 18.1 Å². The molecule has 0 aliphatic heterocycles. The minimum absolute atomic E-state index is 0.0319. The Kier molecular flexibility index (Phi) is 2.32. The van der Waals surface area contributed by atoms with Crippen molar-refractivity contribution in [1.29, 1.82) is 0 Å². The van der Waals surface area contributed by atoms with Crippen LogP contribution in [0.15, 0.2) is 12.3 Å². The maximum Gasteiger partial charge on any atom is 0.237 e. The van der Waals surface area contributed by atoms with E-state index in [-0.39, 0.29) is 16.4 Å². The molecule has 76 valence electrons. The zero-order chi connectivity index (χ0) is 10.2. The van der Waals surface area contributed by atoms with Crippen molar-refractivity contribution in [2.75, 3.05) is 4.72 Å². The normalized spacial score (nSPS) is 16.6. The molecule has 0 amide bonds. The number of hydrogen-bond donors (Lipinski definition) is 1. The van der Waals surface area contributed by atoms with Crippen LogP contribution in [0.4, 0.5) is 5.95 Å². The van der Waals surface area contributed by atoms with Crippen molar-refractivity contribution in [3.63, 3.8) is 0 Å². The lowest BCUT2D eigenvalue weighted by molar-refractivity contribution is 0.599. The number of hydrogen-bond acceptors (Lipinski definition) is 4. The summed E-state index contributed by atoms with van der Waals surface area (Å²) in [6.45, 7) is 0. The first-order valence-electron chi connectivity index (χ1n) is 4.08. The Labute approximate surface area is 86.6 Å². The SMILES string of the molecule is O=S(=O)(Nc1nccc(Cl)n1)C1CC1. The Morgan fingerprint density at radius 3 is 2.79 bits per heavy atom. The van der Waals surface area contributed by atoms with Gasteiger partial charge in [0.05, 0.1) is 5.25 Å². The first-order valence-corrected chi connectivity index (χ1v) is 6.00. The highest BCUT2D eigenvalue weighted by molar-refractivity contribution is 7.93. The molecule has 1 aliphatic carbocycles. The van der Waals surface area contributed by atoms with E-state index in [1.165, 1.54) is 12.3 Å². The number of nitrogens with one attached hydrogen (secondary N) is 1. The van der Waals surface area contributed by atoms with Crippen molar-refractivity contribution >= 4 is 27.6 Å². The van der Waals surface area contributed by atoms with E-state index in [0.29, 0.717) is 12.8 Å². The van der Waals surface area contributed by atoms with Gasteiger partial charge in [0.2, 0.25) is 16.0 Å². The Morgan fingerprint density at radius 2 is 2.21 bits per heavy atom. The van der Waals surface area contributed by atoms with E-state index in [0.717, 1.165) is 0 Å². The summed E-state index contributed by atoms with van der Waals surface area (Å²) in [5.41, 5.74) is 0. The number of sulfonamides is 1. The van der Waals surface area contributed by atoms with Gasteiger partial charge in [-0.05, 0) is 18.9 Å². The van der Waals surface area contributed by atoms with Crippen molar-refractivity contribution < 1.29 is 8.42 Å². The van der Waals surface area contributed by atoms with Gasteiger partial charge in [0, 0.05) is 6.20 Å². The third kappa shape index (κ3) is 2.13. The number of halogens is 1. The largest absolute Gasteiger partial charge is 0.251 e. The fourth-order valence-electron chi connectivity index (χ4n) is 0.975. The van der Waals surface area contributed by atoms with Crippen molar-refractivity contribution in [1.82, 2.24) is 9.97 Å². The molecule has 1 aliphatic rings. The number of aromatic nitrogens is 2. The van der Waals surface area contributed by atoms with Gasteiger partial charge in [0.1, 0.15) is 5.15 Å². The minimum atomic E-state index is -3.29. The topological polar surface area (TPSA) is 72.0 Å². The van der Waals surface area contributed by atoms with Crippen LogP contribution in [0.3, 0.4) is 0 Å². The second-order valence-electron chi connectivity index (χ2n) is 3.05. The van der Waals surface area contributed by atoms with Gasteiger partial charge in [-0.1, -0.05) is 11.6 Å². The molecule has 0 saturated heterocycles. The lowest BCUT2D eigenvalue weighted by Gasteiger charge is -2.03. The molecule has 7 heteroatoms. The van der Waals surface area contributed by atoms with E-state index in [4.69, 9.17) is 11.6 Å². The molecule has 1 fully saturated rings. The highest BCUT2D eigenvalue weighted by Gasteiger charge is 2.36. The van der Waals surface area contributed by atoms with Crippen LogP contribution in [-0.4, -0.2) is 23.6 Å². The van der Waals surface area contributed by atoms with Crippen molar-refractivity contribution in [3.05, 3.63) is 17.4 Å². The fraction of sp³-hybridized carbons (Fsp3) is 0.429. The van der Waals surface area contributed by atoms with E-state index in [9.17, 15) is 8.42 Å². The lowest BCUT2D eigenvalue weighted by atomic mass is 10.7. The average molecular weight is 234 g/mol. The molecule has 0 radical (unpaired) electrons. The van der Waals surface area contributed by atoms with Crippen LogP contribution in [-0.2, 0) is 10.0 Å². The van der Waals surface area contributed by atoms with E-state index in [1.807, 2.05) is 0 Å². The van der Waals surface area contributed by atoms with E-state index < -0.39 is 10.0 Å². The molecular formula is C7H8ClN3O2S. The van der Waals surface area contributed by atoms with Crippen LogP contribution in [0.2, 0.25) is 5.15 Å². The average Bonchev–Trinajstić information content (AvgIpc) is 2.84. The Balaban J connectivity index is 2.18. The number of anilines is 1. The van der Waals surface area contributed by atoms with E-state index in [1.54, 1.807) is 0 Å². The molecule has 0 aromatic carbocycles. The van der Waals surface area contributed by atoms with E-state index in [2.05, 4.69) is 14.7 Å². The molecule has 14 heavy (non-hydrogen) atoms. The molecule has 1 saturated carbocycles. The van der Waals surface area contributed by atoms with E-state index >= 15 is 0 Å². The van der Waals surface area contributed by atoms with Gasteiger partial charge >= 0.3 is 0 Å². The summed E-state index contributed by atoms with van der Waals surface area (Å²) in [5.74, 6) is 0.0319. The molecule has 0 atom stereocenters. The summed E-state index contributed by atoms with van der Waals surface area (Å²) < 4.78 is 25.2. The number of rotatable bonds is 3. The van der Waals surface area contributed by atoms with Crippen molar-refractivity contribution in [3.8, 4) is 0 Å². The van der Waals surface area contributed by atoms with Crippen LogP contribution in [0.1, 0.15) is 12.8 Å². The van der Waals surface area contributed by atoms with Gasteiger partial charge in [-0.2, -0.15) is 0 Å². The van der Waals surface area contributed by atoms with Gasteiger partial charge in [-0.25, -0.2) is 18.4 Å². The van der Waals surface area contributed by atoms with Crippen LogP contribution in [0.25, 0.3) is 0 Å². The molecule has 0 unspecified atom stereocenters. The molecule has 2 rings (SSSR count). The van der Waals surface area contributed by atoms with Crippen LogP contribution >= 0.6 is 11.6 Å². The zero-order valence-electron chi connectivity index (χ0n) is 7.14. The predicted molar refractivity (Wildman–Crippen MR) is 52.6 cm³/mol. The van der Waals surface area contributed by atoms with Crippen LogP contribution in [0, 0.1) is 0 Å². The predicted octanol–water partition coefficient (Wildman–Crippen LogP) is 1.03. The standard InChI is InChI=1S/C7H8ClN3O2S/c8-6-3-4-9-7(10-6)11-14(12,13)5-1-2-5/h3-5H,1-2H2,(H,9,10,11). The Bertz CT molecular complexity index is 444. The summed E-state index contributed by atoms with van der Waals surface area (Å²) in [6, 6.07) is 1.48. The summed E-state index contributed by atoms with van der Waals surface area (Å²) >= 11 is 5.58. The smallest absolute Gasteiger partial charge is 0.237 e. The lowest BCUT2D eigenvalue weighted by Crippen LogP contribution is -2.18.